The molecule has 2 atom stereocenters. The molecule has 0 bridgehead atoms. The van der Waals surface area contributed by atoms with E-state index in [1.807, 2.05) is 31.2 Å². The molecule has 157 valence electrons. The summed E-state index contributed by atoms with van der Waals surface area (Å²) in [5.41, 5.74) is 0.950. The first-order valence-electron chi connectivity index (χ1n) is 9.39. The van der Waals surface area contributed by atoms with Gasteiger partial charge < -0.3 is 4.74 Å². The van der Waals surface area contributed by atoms with Crippen LogP contribution in [-0.2, 0) is 40.9 Å². The van der Waals surface area contributed by atoms with Crippen molar-refractivity contribution in [1.29, 1.82) is 0 Å². The molecule has 2 amide bonds. The molecule has 2 aliphatic rings. The summed E-state index contributed by atoms with van der Waals surface area (Å²) in [5.74, 6) is -0.0416. The fourth-order valence-corrected chi connectivity index (χ4v) is 4.08. The number of benzene rings is 1. The third-order valence-electron chi connectivity index (χ3n) is 4.37. The summed E-state index contributed by atoms with van der Waals surface area (Å²) < 4.78 is 34.9. The topological polar surface area (TPSA) is 91.4 Å². The van der Waals surface area contributed by atoms with Gasteiger partial charge in [0.1, 0.15) is 0 Å². The minimum atomic E-state index is -2.39. The summed E-state index contributed by atoms with van der Waals surface area (Å²) in [6.45, 7) is 3.31. The van der Waals surface area contributed by atoms with Crippen LogP contribution >= 0.6 is 0 Å². The van der Waals surface area contributed by atoms with Crippen LogP contribution in [0.25, 0.3) is 0 Å². The number of hydrogen-bond acceptors (Lipinski definition) is 7. The van der Waals surface area contributed by atoms with Gasteiger partial charge in [0.15, 0.2) is 0 Å². The Morgan fingerprint density at radius 1 is 1.14 bits per heavy atom. The van der Waals surface area contributed by atoms with Crippen molar-refractivity contribution in [2.24, 2.45) is 0 Å². The molecule has 0 radical (unpaired) electrons. The Bertz CT molecular complexity index is 693. The van der Waals surface area contributed by atoms with Crippen LogP contribution in [0.15, 0.2) is 24.3 Å². The molecule has 0 saturated carbocycles. The van der Waals surface area contributed by atoms with Gasteiger partial charge in [-0.05, 0) is 6.92 Å². The molecule has 2 saturated heterocycles. The third kappa shape index (κ3) is 5.45. The second-order valence-corrected chi connectivity index (χ2v) is 7.77. The van der Waals surface area contributed by atoms with Crippen molar-refractivity contribution in [2.75, 3.05) is 19.8 Å². The van der Waals surface area contributed by atoms with Crippen molar-refractivity contribution in [3.05, 3.63) is 29.8 Å². The number of imide groups is 1. The van der Waals surface area contributed by atoms with Gasteiger partial charge >= 0.3 is 150 Å². The number of ether oxygens (including phenoxy) is 3. The van der Waals surface area contributed by atoms with E-state index in [-0.39, 0.29) is 31.8 Å². The molecule has 2 fully saturated rings. The zero-order valence-corrected chi connectivity index (χ0v) is 16.8. The molecule has 2 heterocycles. The van der Waals surface area contributed by atoms with E-state index in [0.29, 0.717) is 19.6 Å². The normalized spacial score (nSPS) is 22.8. The predicted molar refractivity (Wildman–Crippen MR) is 92.8 cm³/mol. The molecule has 9 heteroatoms. The molecule has 0 aromatic heterocycles. The maximum absolute atomic E-state index is 11.9. The van der Waals surface area contributed by atoms with Crippen molar-refractivity contribution in [3.63, 3.8) is 0 Å². The second-order valence-electron chi connectivity index (χ2n) is 6.45. The molecule has 3 rings (SSSR count). The quantitative estimate of drug-likeness (QED) is 0.410. The Morgan fingerprint density at radius 3 is 2.54 bits per heavy atom. The number of carbonyl (C=O) groups excluding carboxylic acids is 2. The monoisotopic (exact) mass is 438 g/mol. The molecule has 8 nitrogen and oxygen atoms in total. The minimum absolute atomic E-state index is 0.00753. The molecule has 0 aliphatic carbocycles. The molecule has 0 N–H and O–H groups in total. The molecule has 1 aromatic rings. The Hall–Kier alpha value is -1.65. The van der Waals surface area contributed by atoms with Crippen LogP contribution in [0.5, 0.6) is 5.75 Å². The van der Waals surface area contributed by atoms with Crippen LogP contribution in [0.4, 0.5) is 0 Å². The standard InChI is InChI=1S/C15H21O4.C4H5NO2.Co.O/c1-2-17-13-8-6-12(7-9-13)15-18-11-14(19-15)5-3-4-10-16;6-3-1-2-4(7)5-3;;/h6-9,14-15H,2-5,10-11H2,1H3;1-2H2,(H,5,6,7);;/q-1;;+2;/p-1. The van der Waals surface area contributed by atoms with Crippen molar-refractivity contribution >= 4 is 11.8 Å². The molecular formula is C19H25CoNO7. The van der Waals surface area contributed by atoms with E-state index in [1.165, 1.54) is 0 Å². The van der Waals surface area contributed by atoms with Gasteiger partial charge in [0.2, 0.25) is 0 Å². The van der Waals surface area contributed by atoms with E-state index in [0.717, 1.165) is 28.1 Å². The van der Waals surface area contributed by atoms with Crippen LogP contribution in [-0.4, -0.2) is 41.7 Å². The van der Waals surface area contributed by atoms with E-state index in [1.54, 1.807) is 0 Å². The van der Waals surface area contributed by atoms with E-state index >= 15 is 0 Å². The number of rotatable bonds is 10. The summed E-state index contributed by atoms with van der Waals surface area (Å²) in [5, 5.41) is 0. The van der Waals surface area contributed by atoms with Gasteiger partial charge in [-0.25, -0.2) is 0 Å². The van der Waals surface area contributed by atoms with Gasteiger partial charge in [0, 0.05) is 0 Å². The molecular weight excluding hydrogens is 413 g/mol. The van der Waals surface area contributed by atoms with Crippen molar-refractivity contribution in [3.8, 4) is 5.75 Å². The second kappa shape index (κ2) is 10.2. The van der Waals surface area contributed by atoms with Crippen molar-refractivity contribution in [1.82, 2.24) is 3.95 Å². The predicted octanol–water partition coefficient (Wildman–Crippen LogP) is 2.63. The zero-order valence-electron chi connectivity index (χ0n) is 15.8. The average molecular weight is 438 g/mol. The van der Waals surface area contributed by atoms with Gasteiger partial charge in [-0.3, -0.25) is 0 Å². The number of carbonyl (C=O) groups is 2. The first-order valence-corrected chi connectivity index (χ1v) is 10.7. The molecule has 1 aromatic carbocycles. The van der Waals surface area contributed by atoms with Crippen LogP contribution in [0.2, 0.25) is 0 Å². The summed E-state index contributed by atoms with van der Waals surface area (Å²) in [4.78, 5) is 23.0. The van der Waals surface area contributed by atoms with Gasteiger partial charge in [-0.2, -0.15) is 0 Å². The fourth-order valence-electron chi connectivity index (χ4n) is 2.96. The van der Waals surface area contributed by atoms with Crippen molar-refractivity contribution in [2.45, 2.75) is 51.4 Å². The molecule has 0 spiro atoms. The summed E-state index contributed by atoms with van der Waals surface area (Å²) >= 11 is -2.39. The van der Waals surface area contributed by atoms with Gasteiger partial charge in [0.25, 0.3) is 0 Å². The van der Waals surface area contributed by atoms with Crippen LogP contribution in [0, 0.1) is 0 Å². The number of unbranched alkanes of at least 4 members (excludes halogenated alkanes) is 1. The zero-order chi connectivity index (χ0) is 19.9. The van der Waals surface area contributed by atoms with Crippen LogP contribution in [0.3, 0.4) is 0 Å². The van der Waals surface area contributed by atoms with E-state index in [2.05, 4.69) is 0 Å². The van der Waals surface area contributed by atoms with E-state index in [9.17, 15) is 13.5 Å². The fraction of sp³-hybridized carbons (Fsp3) is 0.579. The molecule has 2 aliphatic heterocycles. The molecule has 28 heavy (non-hydrogen) atoms. The first kappa shape index (κ1) is 21.1. The Labute approximate surface area is 168 Å². The summed E-state index contributed by atoms with van der Waals surface area (Å²) in [6, 6.07) is 7.66. The average Bonchev–Trinajstić information content (AvgIpc) is 3.29. The van der Waals surface area contributed by atoms with Crippen molar-refractivity contribution < 1.29 is 45.6 Å². The Morgan fingerprint density at radius 2 is 1.86 bits per heavy atom. The first-order chi connectivity index (χ1) is 13.6. The third-order valence-corrected chi connectivity index (χ3v) is 5.74. The maximum atomic E-state index is 11.9. The SMILES string of the molecule is CCOc1ccc(C2OCC(CCCC[O][Co](=[O])[N]3C(=O)CCC3=O)O2)cc1. The Kier molecular flexibility index (Phi) is 7.69. The van der Waals surface area contributed by atoms with Gasteiger partial charge in [0.05, 0.1) is 6.61 Å². The van der Waals surface area contributed by atoms with Gasteiger partial charge in [-0.15, -0.1) is 0 Å². The number of amides is 2. The van der Waals surface area contributed by atoms with Gasteiger partial charge in [-0.1, -0.05) is 0 Å². The number of hydrogen-bond donors (Lipinski definition) is 0. The Balaban J connectivity index is 1.32. The molecule has 2 unspecified atom stereocenters. The van der Waals surface area contributed by atoms with E-state index in [4.69, 9.17) is 18.1 Å². The number of nitrogens with zero attached hydrogens (tertiary/aromatic N) is 1. The summed E-state index contributed by atoms with van der Waals surface area (Å²) in [7, 11) is 0. The van der Waals surface area contributed by atoms with Crippen LogP contribution in [0.1, 0.15) is 50.9 Å². The van der Waals surface area contributed by atoms with E-state index < -0.39 is 25.9 Å². The van der Waals surface area contributed by atoms with Crippen LogP contribution < -0.4 is 4.74 Å². The summed E-state index contributed by atoms with van der Waals surface area (Å²) in [6.07, 6.45) is 2.08.